The molecule has 0 bridgehead atoms. The maximum absolute atomic E-state index is 12.7. The summed E-state index contributed by atoms with van der Waals surface area (Å²) in [7, 11) is 4.22. The van der Waals surface area contributed by atoms with Crippen LogP contribution >= 0.6 is 0 Å². The number of nitrogens with zero attached hydrogens (tertiary/aromatic N) is 6. The van der Waals surface area contributed by atoms with Crippen molar-refractivity contribution in [2.75, 3.05) is 71.4 Å². The molecule has 0 N–H and O–H groups in total. The van der Waals surface area contributed by atoms with Gasteiger partial charge in [-0.3, -0.25) is 4.79 Å². The fourth-order valence-corrected chi connectivity index (χ4v) is 3.03. The zero-order chi connectivity index (χ0) is 16.4. The van der Waals surface area contributed by atoms with Crippen molar-refractivity contribution in [3.8, 4) is 0 Å². The first-order valence-electron chi connectivity index (χ1n) is 8.30. The van der Waals surface area contributed by atoms with Gasteiger partial charge < -0.3 is 19.6 Å². The lowest BCUT2D eigenvalue weighted by Gasteiger charge is -2.34. The lowest BCUT2D eigenvalue weighted by Crippen LogP contribution is -2.47. The van der Waals surface area contributed by atoms with Crippen LogP contribution in [0.3, 0.4) is 0 Å². The number of hydrogen-bond donors (Lipinski definition) is 0. The van der Waals surface area contributed by atoms with Crippen LogP contribution in [0.2, 0.25) is 0 Å². The molecule has 126 valence electrons. The fraction of sp³-hybridized carbons (Fsp3) is 0.688. The molecule has 2 aliphatic heterocycles. The number of carbonyl (C=O) groups excluding carboxylic acids is 1. The highest BCUT2D eigenvalue weighted by Gasteiger charge is 2.23. The molecule has 1 aromatic heterocycles. The van der Waals surface area contributed by atoms with Gasteiger partial charge in [-0.25, -0.2) is 9.97 Å². The van der Waals surface area contributed by atoms with Gasteiger partial charge in [0, 0.05) is 58.4 Å². The van der Waals surface area contributed by atoms with E-state index in [1.165, 1.54) is 0 Å². The van der Waals surface area contributed by atoms with Crippen molar-refractivity contribution in [3.63, 3.8) is 0 Å². The van der Waals surface area contributed by atoms with Crippen molar-refractivity contribution in [2.24, 2.45) is 0 Å². The third-order valence-corrected chi connectivity index (χ3v) is 4.66. The normalized spacial score (nSPS) is 20.8. The molecule has 2 fully saturated rings. The molecule has 7 nitrogen and oxygen atoms in total. The monoisotopic (exact) mass is 318 g/mol. The van der Waals surface area contributed by atoms with Crippen LogP contribution in [0.25, 0.3) is 0 Å². The molecule has 0 aromatic carbocycles. The molecule has 3 heterocycles. The summed E-state index contributed by atoms with van der Waals surface area (Å²) in [6.07, 6.45) is 0. The maximum atomic E-state index is 12.7. The van der Waals surface area contributed by atoms with Crippen LogP contribution in [0.5, 0.6) is 0 Å². The lowest BCUT2D eigenvalue weighted by atomic mass is 10.2. The molecule has 0 radical (unpaired) electrons. The van der Waals surface area contributed by atoms with Crippen molar-refractivity contribution in [2.45, 2.75) is 6.92 Å². The molecule has 0 aliphatic carbocycles. The number of hydrogen-bond acceptors (Lipinski definition) is 6. The summed E-state index contributed by atoms with van der Waals surface area (Å²) in [4.78, 5) is 30.4. The number of carbonyl (C=O) groups is 1. The number of amides is 1. The zero-order valence-corrected chi connectivity index (χ0v) is 14.3. The maximum Gasteiger partial charge on any atom is 0.272 e. The first kappa shape index (κ1) is 16.1. The number of anilines is 1. The van der Waals surface area contributed by atoms with Crippen LogP contribution in [0.15, 0.2) is 6.07 Å². The molecule has 23 heavy (non-hydrogen) atoms. The van der Waals surface area contributed by atoms with E-state index in [2.05, 4.69) is 38.8 Å². The summed E-state index contributed by atoms with van der Waals surface area (Å²) in [5, 5.41) is 0. The van der Waals surface area contributed by atoms with E-state index in [4.69, 9.17) is 0 Å². The molecule has 7 heteroatoms. The van der Waals surface area contributed by atoms with Crippen molar-refractivity contribution < 1.29 is 4.79 Å². The van der Waals surface area contributed by atoms with E-state index in [9.17, 15) is 4.79 Å². The third kappa shape index (κ3) is 3.79. The van der Waals surface area contributed by atoms with Crippen LogP contribution in [-0.4, -0.2) is 97.0 Å². The van der Waals surface area contributed by atoms with Crippen molar-refractivity contribution in [3.05, 3.63) is 17.6 Å². The Morgan fingerprint density at radius 1 is 0.913 bits per heavy atom. The molecular formula is C16H26N6O. The molecule has 2 aliphatic rings. The second kappa shape index (κ2) is 6.80. The van der Waals surface area contributed by atoms with Gasteiger partial charge in [0.25, 0.3) is 5.91 Å². The van der Waals surface area contributed by atoms with Crippen molar-refractivity contribution in [1.29, 1.82) is 0 Å². The summed E-state index contributed by atoms with van der Waals surface area (Å²) in [5.41, 5.74) is 0.524. The van der Waals surface area contributed by atoms with Gasteiger partial charge in [0.05, 0.1) is 0 Å². The van der Waals surface area contributed by atoms with Crippen molar-refractivity contribution >= 4 is 11.7 Å². The lowest BCUT2D eigenvalue weighted by molar-refractivity contribution is 0.0658. The number of aryl methyl sites for hydroxylation is 1. The van der Waals surface area contributed by atoms with E-state index < -0.39 is 0 Å². The Morgan fingerprint density at radius 2 is 1.48 bits per heavy atom. The average Bonchev–Trinajstić information content (AvgIpc) is 2.55. The van der Waals surface area contributed by atoms with Gasteiger partial charge in [-0.2, -0.15) is 0 Å². The molecular weight excluding hydrogens is 292 g/mol. The summed E-state index contributed by atoms with van der Waals surface area (Å²) < 4.78 is 0. The summed E-state index contributed by atoms with van der Waals surface area (Å²) in [6.45, 7) is 9.15. The Balaban J connectivity index is 1.76. The van der Waals surface area contributed by atoms with E-state index in [1.807, 2.05) is 17.9 Å². The van der Waals surface area contributed by atoms with Gasteiger partial charge in [0.2, 0.25) is 0 Å². The molecule has 0 spiro atoms. The summed E-state index contributed by atoms with van der Waals surface area (Å²) in [6, 6.07) is 1.86. The molecule has 0 unspecified atom stereocenters. The molecule has 1 aromatic rings. The molecule has 1 amide bonds. The SMILES string of the molecule is Cc1nc(C(=O)N2CCN(C)CC2)cc(N2CCN(C)CC2)n1. The van der Waals surface area contributed by atoms with E-state index in [0.29, 0.717) is 11.5 Å². The van der Waals surface area contributed by atoms with Gasteiger partial charge in [0.15, 0.2) is 0 Å². The standard InChI is InChI=1S/C16H26N6O/c1-13-17-14(16(23)22-10-6-20(3)7-11-22)12-15(18-13)21-8-4-19(2)5-9-21/h12H,4-11H2,1-3H3. The topological polar surface area (TPSA) is 55.8 Å². The molecule has 2 saturated heterocycles. The fourth-order valence-electron chi connectivity index (χ4n) is 3.03. The van der Waals surface area contributed by atoms with E-state index in [1.54, 1.807) is 0 Å². The predicted octanol–water partition coefficient (Wildman–Crippen LogP) is -0.0756. The first-order chi connectivity index (χ1) is 11.0. The average molecular weight is 318 g/mol. The highest BCUT2D eigenvalue weighted by atomic mass is 16.2. The van der Waals surface area contributed by atoms with E-state index in [0.717, 1.165) is 58.2 Å². The predicted molar refractivity (Wildman–Crippen MR) is 89.9 cm³/mol. The second-order valence-corrected chi connectivity index (χ2v) is 6.54. The highest BCUT2D eigenvalue weighted by Crippen LogP contribution is 2.16. The summed E-state index contributed by atoms with van der Waals surface area (Å²) in [5.74, 6) is 1.57. The van der Waals surface area contributed by atoms with Gasteiger partial charge >= 0.3 is 0 Å². The van der Waals surface area contributed by atoms with Gasteiger partial charge in [-0.1, -0.05) is 0 Å². The smallest absolute Gasteiger partial charge is 0.272 e. The number of rotatable bonds is 2. The Hall–Kier alpha value is -1.73. The van der Waals surface area contributed by atoms with Gasteiger partial charge in [-0.15, -0.1) is 0 Å². The van der Waals surface area contributed by atoms with E-state index in [-0.39, 0.29) is 5.91 Å². The zero-order valence-electron chi connectivity index (χ0n) is 14.3. The number of piperazine rings is 2. The quantitative estimate of drug-likeness (QED) is 0.760. The number of likely N-dealkylation sites (N-methyl/N-ethyl adjacent to an activating group) is 2. The minimum atomic E-state index is 0.0268. The third-order valence-electron chi connectivity index (χ3n) is 4.66. The van der Waals surface area contributed by atoms with Gasteiger partial charge in [-0.05, 0) is 21.0 Å². The Labute approximate surface area is 137 Å². The Morgan fingerprint density at radius 3 is 2.09 bits per heavy atom. The molecule has 0 saturated carbocycles. The Bertz CT molecular complexity index is 562. The Kier molecular flexibility index (Phi) is 4.77. The van der Waals surface area contributed by atoms with Crippen LogP contribution in [0, 0.1) is 6.92 Å². The van der Waals surface area contributed by atoms with Crippen molar-refractivity contribution in [1.82, 2.24) is 24.7 Å². The largest absolute Gasteiger partial charge is 0.354 e. The first-order valence-corrected chi connectivity index (χ1v) is 8.30. The number of aromatic nitrogens is 2. The van der Waals surface area contributed by atoms with Crippen LogP contribution in [0.4, 0.5) is 5.82 Å². The van der Waals surface area contributed by atoms with Crippen LogP contribution in [0.1, 0.15) is 16.3 Å². The minimum absolute atomic E-state index is 0.0268. The minimum Gasteiger partial charge on any atom is -0.354 e. The van der Waals surface area contributed by atoms with Crippen LogP contribution in [-0.2, 0) is 0 Å². The molecule has 3 rings (SSSR count). The van der Waals surface area contributed by atoms with Gasteiger partial charge in [0.1, 0.15) is 17.3 Å². The molecule has 0 atom stereocenters. The van der Waals surface area contributed by atoms with E-state index >= 15 is 0 Å². The van der Waals surface area contributed by atoms with Crippen LogP contribution < -0.4 is 4.90 Å². The second-order valence-electron chi connectivity index (χ2n) is 6.54. The highest BCUT2D eigenvalue weighted by molar-refractivity contribution is 5.93. The summed E-state index contributed by atoms with van der Waals surface area (Å²) >= 11 is 0.